The second-order valence-electron chi connectivity index (χ2n) is 9.49. The van der Waals surface area contributed by atoms with E-state index in [2.05, 4.69) is 5.32 Å². The van der Waals surface area contributed by atoms with Gasteiger partial charge >= 0.3 is 0 Å². The van der Waals surface area contributed by atoms with Crippen molar-refractivity contribution in [3.8, 4) is 5.75 Å². The fraction of sp³-hybridized carbons (Fsp3) is 0.333. The average Bonchev–Trinajstić information content (AvgIpc) is 2.96. The molecule has 0 spiro atoms. The molecule has 11 heteroatoms. The van der Waals surface area contributed by atoms with Gasteiger partial charge in [-0.25, -0.2) is 8.42 Å². The van der Waals surface area contributed by atoms with Gasteiger partial charge in [0.05, 0.1) is 27.7 Å². The normalized spacial score (nSPS) is 12.0. The van der Waals surface area contributed by atoms with E-state index in [0.29, 0.717) is 28.6 Å². The minimum absolute atomic E-state index is 0.0119. The van der Waals surface area contributed by atoms with Crippen LogP contribution in [0.4, 0.5) is 5.69 Å². The first-order chi connectivity index (χ1) is 19.5. The molecule has 3 aromatic rings. The Hall–Kier alpha value is -3.27. The van der Waals surface area contributed by atoms with E-state index in [-0.39, 0.29) is 28.8 Å². The number of hydrogen-bond donors (Lipinski definition) is 1. The van der Waals surface area contributed by atoms with Gasteiger partial charge in [0.15, 0.2) is 0 Å². The highest BCUT2D eigenvalue weighted by Gasteiger charge is 2.34. The summed E-state index contributed by atoms with van der Waals surface area (Å²) in [7, 11) is -2.78. The maximum Gasteiger partial charge on any atom is 0.264 e. The Bertz CT molecular complexity index is 1470. The Morgan fingerprint density at radius 2 is 1.68 bits per heavy atom. The van der Waals surface area contributed by atoms with Gasteiger partial charge in [0.25, 0.3) is 10.0 Å². The molecule has 2 amide bonds. The van der Waals surface area contributed by atoms with Gasteiger partial charge in [0.1, 0.15) is 18.3 Å². The molecule has 0 aliphatic rings. The Balaban J connectivity index is 2.12. The van der Waals surface area contributed by atoms with Gasteiger partial charge in [-0.05, 0) is 67.3 Å². The Morgan fingerprint density at radius 1 is 0.976 bits per heavy atom. The van der Waals surface area contributed by atoms with Crippen LogP contribution in [0.1, 0.15) is 37.8 Å². The lowest BCUT2D eigenvalue weighted by atomic mass is 10.1. The van der Waals surface area contributed by atoms with Crippen LogP contribution in [0.15, 0.2) is 71.6 Å². The summed E-state index contributed by atoms with van der Waals surface area (Å²) in [6.45, 7) is 5.43. The van der Waals surface area contributed by atoms with E-state index in [1.165, 1.54) is 24.1 Å². The summed E-state index contributed by atoms with van der Waals surface area (Å²) in [4.78, 5) is 28.8. The molecule has 220 valence electrons. The molecule has 41 heavy (non-hydrogen) atoms. The third kappa shape index (κ3) is 7.93. The number of nitrogens with zero attached hydrogens (tertiary/aromatic N) is 2. The van der Waals surface area contributed by atoms with Crippen molar-refractivity contribution in [2.75, 3.05) is 24.5 Å². The number of benzene rings is 3. The predicted octanol–water partition coefficient (Wildman–Crippen LogP) is 5.84. The highest BCUT2D eigenvalue weighted by atomic mass is 35.5. The summed E-state index contributed by atoms with van der Waals surface area (Å²) in [5.41, 5.74) is 1.63. The monoisotopic (exact) mass is 619 g/mol. The quantitative estimate of drug-likeness (QED) is 0.259. The summed E-state index contributed by atoms with van der Waals surface area (Å²) in [6.07, 6.45) is 1.03. The first-order valence-corrected chi connectivity index (χ1v) is 15.5. The molecule has 0 bridgehead atoms. The third-order valence-electron chi connectivity index (χ3n) is 6.49. The molecule has 0 aliphatic carbocycles. The molecule has 0 heterocycles. The van der Waals surface area contributed by atoms with Crippen molar-refractivity contribution in [1.29, 1.82) is 0 Å². The number of rotatable bonds is 13. The fourth-order valence-electron chi connectivity index (χ4n) is 4.35. The molecule has 0 saturated heterocycles. The second-order valence-corrected chi connectivity index (χ2v) is 12.2. The Kier molecular flexibility index (Phi) is 11.5. The number of methoxy groups -OCH3 is 1. The number of ether oxygens (including phenoxy) is 1. The van der Waals surface area contributed by atoms with Crippen LogP contribution in [-0.4, -0.2) is 51.4 Å². The van der Waals surface area contributed by atoms with E-state index in [0.717, 1.165) is 16.3 Å². The van der Waals surface area contributed by atoms with Crippen molar-refractivity contribution < 1.29 is 22.7 Å². The molecule has 3 aromatic carbocycles. The number of carbonyl (C=O) groups is 2. The average molecular weight is 621 g/mol. The summed E-state index contributed by atoms with van der Waals surface area (Å²) < 4.78 is 34.6. The van der Waals surface area contributed by atoms with Crippen LogP contribution >= 0.6 is 23.2 Å². The smallest absolute Gasteiger partial charge is 0.264 e. The van der Waals surface area contributed by atoms with Crippen molar-refractivity contribution in [1.82, 2.24) is 10.2 Å². The summed E-state index contributed by atoms with van der Waals surface area (Å²) >= 11 is 12.3. The zero-order valence-electron chi connectivity index (χ0n) is 23.6. The third-order valence-corrected chi connectivity index (χ3v) is 9.00. The highest BCUT2D eigenvalue weighted by Crippen LogP contribution is 2.34. The lowest BCUT2D eigenvalue weighted by molar-refractivity contribution is -0.140. The first-order valence-electron chi connectivity index (χ1n) is 13.3. The van der Waals surface area contributed by atoms with Gasteiger partial charge in [0, 0.05) is 13.1 Å². The molecule has 1 N–H and O–H groups in total. The standard InChI is InChI=1S/C30H35Cl2N3O5S/c1-5-16-33-30(37)26(6-2)34(19-22-13-14-24(31)25(32)18-22)29(36)20-35(27-17-21(3)12-15-28(27)40-4)41(38,39)23-10-8-7-9-11-23/h7-15,17-18,26H,5-6,16,19-20H2,1-4H3,(H,33,37). The largest absolute Gasteiger partial charge is 0.495 e. The molecule has 1 unspecified atom stereocenters. The molecule has 0 fully saturated rings. The SMILES string of the molecule is CCCNC(=O)C(CC)N(Cc1ccc(Cl)c(Cl)c1)C(=O)CN(c1cc(C)ccc1OC)S(=O)(=O)c1ccccc1. The van der Waals surface area contributed by atoms with Gasteiger partial charge in [0.2, 0.25) is 11.8 Å². The lowest BCUT2D eigenvalue weighted by Gasteiger charge is -2.33. The van der Waals surface area contributed by atoms with Crippen molar-refractivity contribution in [3.05, 3.63) is 87.9 Å². The molecular formula is C30H35Cl2N3O5S. The number of carbonyl (C=O) groups excluding carboxylic acids is 2. The summed E-state index contributed by atoms with van der Waals surface area (Å²) in [5, 5.41) is 3.52. The molecular weight excluding hydrogens is 585 g/mol. The zero-order chi connectivity index (χ0) is 30.2. The van der Waals surface area contributed by atoms with Crippen LogP contribution in [-0.2, 0) is 26.2 Å². The Labute approximate surface area is 252 Å². The first kappa shape index (κ1) is 32.2. The van der Waals surface area contributed by atoms with Crippen LogP contribution < -0.4 is 14.4 Å². The number of anilines is 1. The van der Waals surface area contributed by atoms with Gasteiger partial charge < -0.3 is 15.0 Å². The maximum absolute atomic E-state index is 14.2. The van der Waals surface area contributed by atoms with Crippen molar-refractivity contribution in [3.63, 3.8) is 0 Å². The lowest BCUT2D eigenvalue weighted by Crippen LogP contribution is -2.52. The zero-order valence-corrected chi connectivity index (χ0v) is 25.9. The molecule has 0 radical (unpaired) electrons. The van der Waals surface area contributed by atoms with Crippen LogP contribution in [0.5, 0.6) is 5.75 Å². The number of halogens is 2. The summed E-state index contributed by atoms with van der Waals surface area (Å²) in [5.74, 6) is -0.613. The van der Waals surface area contributed by atoms with E-state index in [4.69, 9.17) is 27.9 Å². The molecule has 3 rings (SSSR count). The minimum Gasteiger partial charge on any atom is -0.495 e. The van der Waals surface area contributed by atoms with E-state index >= 15 is 0 Å². The number of nitrogens with one attached hydrogen (secondary N) is 1. The number of hydrogen-bond acceptors (Lipinski definition) is 5. The molecule has 0 saturated carbocycles. The van der Waals surface area contributed by atoms with Gasteiger partial charge in [-0.3, -0.25) is 13.9 Å². The van der Waals surface area contributed by atoms with Crippen LogP contribution in [0, 0.1) is 6.92 Å². The van der Waals surface area contributed by atoms with Crippen molar-refractivity contribution in [2.24, 2.45) is 0 Å². The van der Waals surface area contributed by atoms with Crippen LogP contribution in [0.3, 0.4) is 0 Å². The van der Waals surface area contributed by atoms with Crippen LogP contribution in [0.2, 0.25) is 10.0 Å². The van der Waals surface area contributed by atoms with Crippen LogP contribution in [0.25, 0.3) is 0 Å². The maximum atomic E-state index is 14.2. The highest BCUT2D eigenvalue weighted by molar-refractivity contribution is 7.92. The summed E-state index contributed by atoms with van der Waals surface area (Å²) in [6, 6.07) is 17.1. The van der Waals surface area contributed by atoms with Crippen molar-refractivity contribution >= 4 is 50.7 Å². The number of amides is 2. The topological polar surface area (TPSA) is 96.0 Å². The van der Waals surface area contributed by atoms with Gasteiger partial charge in [-0.2, -0.15) is 0 Å². The number of aryl methyl sites for hydroxylation is 1. The second kappa shape index (κ2) is 14.6. The van der Waals surface area contributed by atoms with E-state index in [1.54, 1.807) is 61.5 Å². The predicted molar refractivity (Wildman–Crippen MR) is 163 cm³/mol. The van der Waals surface area contributed by atoms with Gasteiger partial charge in [-0.1, -0.05) is 67.4 Å². The fourth-order valence-corrected chi connectivity index (χ4v) is 6.11. The molecule has 8 nitrogen and oxygen atoms in total. The molecule has 0 aliphatic heterocycles. The van der Waals surface area contributed by atoms with E-state index < -0.39 is 28.5 Å². The van der Waals surface area contributed by atoms with Crippen molar-refractivity contribution in [2.45, 2.75) is 51.1 Å². The van der Waals surface area contributed by atoms with E-state index in [1.807, 2.05) is 13.8 Å². The van der Waals surface area contributed by atoms with Gasteiger partial charge in [-0.15, -0.1) is 0 Å². The Morgan fingerprint density at radius 3 is 2.29 bits per heavy atom. The molecule has 0 aromatic heterocycles. The number of sulfonamides is 1. The van der Waals surface area contributed by atoms with E-state index in [9.17, 15) is 18.0 Å². The minimum atomic E-state index is -4.22. The molecule has 1 atom stereocenters.